The third kappa shape index (κ3) is 41.0. The van der Waals surface area contributed by atoms with Gasteiger partial charge in [-0.3, -0.25) is 9.32 Å². The van der Waals surface area contributed by atoms with E-state index in [2.05, 4.69) is 11.4 Å². The number of carboxylic acid groups (broad SMARTS) is 1. The molecule has 3 N–H and O–H groups in total. The van der Waals surface area contributed by atoms with E-state index in [0.29, 0.717) is 17.4 Å². The number of hydrogen-bond acceptors (Lipinski definition) is 3. The molecular weight excluding hydrogens is 465 g/mol. The summed E-state index contributed by atoms with van der Waals surface area (Å²) < 4.78 is 15.1. The molecule has 0 rings (SSSR count). The number of quaternary nitrogens is 1. The summed E-state index contributed by atoms with van der Waals surface area (Å²) in [6.45, 7) is 2.93. The van der Waals surface area contributed by atoms with Gasteiger partial charge in [-0.1, -0.05) is 122 Å². The van der Waals surface area contributed by atoms with E-state index in [1.54, 1.807) is 0 Å². The molecule has 0 fully saturated rings. The summed E-state index contributed by atoms with van der Waals surface area (Å²) in [5.74, 6) is -0.651. The topological polar surface area (TPSA) is 104 Å². The Morgan fingerprint density at radius 3 is 1.23 bits per heavy atom. The molecule has 0 saturated heterocycles. The van der Waals surface area contributed by atoms with Gasteiger partial charge in [-0.25, -0.2) is 4.57 Å². The van der Waals surface area contributed by atoms with E-state index >= 15 is 0 Å². The summed E-state index contributed by atoms with van der Waals surface area (Å²) >= 11 is 0. The largest absolute Gasteiger partial charge is 0.481 e. The predicted octanol–water partition coefficient (Wildman–Crippen LogP) is 7.69. The molecule has 35 heavy (non-hydrogen) atoms. The minimum absolute atomic E-state index is 0.0772. The van der Waals surface area contributed by atoms with Crippen LogP contribution in [0.2, 0.25) is 0 Å². The first kappa shape index (κ1) is 36.7. The van der Waals surface area contributed by atoms with Gasteiger partial charge >= 0.3 is 13.8 Å². The first-order valence-corrected chi connectivity index (χ1v) is 15.7. The summed E-state index contributed by atoms with van der Waals surface area (Å²) in [4.78, 5) is 27.0. The molecule has 0 heterocycles. The zero-order valence-electron chi connectivity index (χ0n) is 23.5. The smallest absolute Gasteiger partial charge is 0.469 e. The van der Waals surface area contributed by atoms with Gasteiger partial charge in [0.2, 0.25) is 0 Å². The summed E-state index contributed by atoms with van der Waals surface area (Å²) in [7, 11) is 1.50. The monoisotopic (exact) mass is 524 g/mol. The van der Waals surface area contributed by atoms with Crippen LogP contribution in [0.5, 0.6) is 0 Å². The number of aliphatic carboxylic acids is 1. The van der Waals surface area contributed by atoms with Gasteiger partial charge in [0.15, 0.2) is 0 Å². The molecule has 0 radical (unpaired) electrons. The van der Waals surface area contributed by atoms with Crippen LogP contribution in [0.4, 0.5) is 0 Å². The standard InChI is InChI=1S/C22H44O2.C5H14NO4P/c1-2-3-4-5-6-7-8-9-10-11-12-13-14-15-16-17-18-19-20-21-22(23)24;1-6(2,3)4-5-10-11(7,8)9/h2-21H2,1H3,(H,23,24);4-5H2,1-3H3,(H-,7,8,9)/p+1. The van der Waals surface area contributed by atoms with Gasteiger partial charge < -0.3 is 19.4 Å². The zero-order chi connectivity index (χ0) is 26.8. The van der Waals surface area contributed by atoms with Gasteiger partial charge in [-0.05, 0) is 6.42 Å². The van der Waals surface area contributed by atoms with E-state index in [1.165, 1.54) is 109 Å². The second kappa shape index (κ2) is 25.2. The minimum Gasteiger partial charge on any atom is -0.481 e. The molecular formula is C27H59NO6P+. The normalized spacial score (nSPS) is 11.8. The van der Waals surface area contributed by atoms with Gasteiger partial charge in [-0.15, -0.1) is 0 Å². The van der Waals surface area contributed by atoms with Crippen molar-refractivity contribution in [2.24, 2.45) is 0 Å². The Bertz CT molecular complexity index is 504. The molecule has 0 aromatic rings. The van der Waals surface area contributed by atoms with Gasteiger partial charge in [0.05, 0.1) is 21.1 Å². The number of carbonyl (C=O) groups is 1. The van der Waals surface area contributed by atoms with Crippen LogP contribution in [0, 0.1) is 0 Å². The van der Waals surface area contributed by atoms with E-state index in [-0.39, 0.29) is 6.61 Å². The maximum absolute atomic E-state index is 10.4. The van der Waals surface area contributed by atoms with E-state index in [0.717, 1.165) is 12.8 Å². The molecule has 8 heteroatoms. The molecule has 0 bridgehead atoms. The Kier molecular flexibility index (Phi) is 26.4. The third-order valence-corrected chi connectivity index (χ3v) is 6.53. The SMILES string of the molecule is CCCCCCCCCCCCCCCCCCCCCC(=O)O.C[N+](C)(C)CCOP(=O)(O)O. The summed E-state index contributed by atoms with van der Waals surface area (Å²) in [5.41, 5.74) is 0. The first-order valence-electron chi connectivity index (χ1n) is 14.2. The maximum Gasteiger partial charge on any atom is 0.469 e. The van der Waals surface area contributed by atoms with Crippen molar-refractivity contribution < 1.29 is 33.3 Å². The zero-order valence-corrected chi connectivity index (χ0v) is 24.4. The van der Waals surface area contributed by atoms with Gasteiger partial charge in [0, 0.05) is 6.42 Å². The lowest BCUT2D eigenvalue weighted by Gasteiger charge is -2.23. The van der Waals surface area contributed by atoms with Crippen molar-refractivity contribution >= 4 is 13.8 Å². The molecule has 0 aromatic carbocycles. The maximum atomic E-state index is 10.4. The second-order valence-electron chi connectivity index (χ2n) is 10.8. The van der Waals surface area contributed by atoms with Crippen LogP contribution in [-0.4, -0.2) is 59.6 Å². The van der Waals surface area contributed by atoms with Gasteiger partial charge in [0.25, 0.3) is 0 Å². The second-order valence-corrected chi connectivity index (χ2v) is 12.1. The highest BCUT2D eigenvalue weighted by Gasteiger charge is 2.16. The lowest BCUT2D eigenvalue weighted by Crippen LogP contribution is -2.37. The van der Waals surface area contributed by atoms with Crippen molar-refractivity contribution in [3.63, 3.8) is 0 Å². The van der Waals surface area contributed by atoms with Crippen molar-refractivity contribution in [2.75, 3.05) is 34.3 Å². The molecule has 0 amide bonds. The molecule has 0 aromatic heterocycles. The quantitative estimate of drug-likeness (QED) is 0.0679. The molecule has 0 aliphatic carbocycles. The Balaban J connectivity index is 0. The van der Waals surface area contributed by atoms with E-state index in [1.807, 2.05) is 21.1 Å². The number of carboxylic acids is 1. The molecule has 0 atom stereocenters. The van der Waals surface area contributed by atoms with Crippen molar-refractivity contribution in [3.05, 3.63) is 0 Å². The Morgan fingerprint density at radius 2 is 0.971 bits per heavy atom. The number of unbranched alkanes of at least 4 members (excludes halogenated alkanes) is 18. The number of phosphoric ester groups is 1. The molecule has 212 valence electrons. The lowest BCUT2D eigenvalue weighted by molar-refractivity contribution is -0.870. The molecule has 0 saturated carbocycles. The number of phosphoric acid groups is 1. The van der Waals surface area contributed by atoms with Crippen LogP contribution in [0.15, 0.2) is 0 Å². The Labute approximate surface area is 216 Å². The third-order valence-electron chi connectivity index (χ3n) is 6.02. The first-order chi connectivity index (χ1) is 16.5. The van der Waals surface area contributed by atoms with E-state index < -0.39 is 13.8 Å². The lowest BCUT2D eigenvalue weighted by atomic mass is 10.0. The Hall–Kier alpha value is -0.460. The summed E-state index contributed by atoms with van der Waals surface area (Å²) in [6, 6.07) is 0. The van der Waals surface area contributed by atoms with Crippen LogP contribution in [0.1, 0.15) is 135 Å². The highest BCUT2D eigenvalue weighted by Crippen LogP contribution is 2.35. The molecule has 0 aliphatic rings. The highest BCUT2D eigenvalue weighted by molar-refractivity contribution is 7.46. The van der Waals surface area contributed by atoms with Crippen LogP contribution in [0.25, 0.3) is 0 Å². The van der Waals surface area contributed by atoms with E-state index in [4.69, 9.17) is 14.9 Å². The predicted molar refractivity (Wildman–Crippen MR) is 147 cm³/mol. The van der Waals surface area contributed by atoms with Crippen LogP contribution < -0.4 is 0 Å². The van der Waals surface area contributed by atoms with Crippen LogP contribution >= 0.6 is 7.82 Å². The van der Waals surface area contributed by atoms with Gasteiger partial charge in [-0.2, -0.15) is 0 Å². The fraction of sp³-hybridized carbons (Fsp3) is 0.963. The van der Waals surface area contributed by atoms with Crippen molar-refractivity contribution in [1.29, 1.82) is 0 Å². The molecule has 0 aliphatic heterocycles. The molecule has 0 spiro atoms. The number of hydrogen-bond donors (Lipinski definition) is 3. The van der Waals surface area contributed by atoms with Crippen LogP contribution in [0.3, 0.4) is 0 Å². The van der Waals surface area contributed by atoms with Crippen LogP contribution in [-0.2, 0) is 13.9 Å². The minimum atomic E-state index is -4.26. The number of nitrogens with zero attached hydrogens (tertiary/aromatic N) is 1. The summed E-state index contributed by atoms with van der Waals surface area (Å²) in [6.07, 6.45) is 26.1. The van der Waals surface area contributed by atoms with Crippen molar-refractivity contribution in [2.45, 2.75) is 135 Å². The fourth-order valence-corrected chi connectivity index (χ4v) is 4.11. The van der Waals surface area contributed by atoms with E-state index in [9.17, 15) is 9.36 Å². The van der Waals surface area contributed by atoms with Crippen molar-refractivity contribution in [3.8, 4) is 0 Å². The van der Waals surface area contributed by atoms with Crippen molar-refractivity contribution in [1.82, 2.24) is 0 Å². The summed E-state index contributed by atoms with van der Waals surface area (Å²) in [5, 5.41) is 8.56. The average Bonchev–Trinajstić information content (AvgIpc) is 2.74. The number of rotatable bonds is 24. The highest BCUT2D eigenvalue weighted by atomic mass is 31.2. The Morgan fingerprint density at radius 1 is 0.657 bits per heavy atom. The number of likely N-dealkylation sites (N-methyl/N-ethyl adjacent to an activating group) is 1. The van der Waals surface area contributed by atoms with Gasteiger partial charge in [0.1, 0.15) is 13.2 Å². The molecule has 0 unspecified atom stereocenters. The fourth-order valence-electron chi connectivity index (χ4n) is 3.79. The molecule has 7 nitrogen and oxygen atoms in total. The average molecular weight is 525 g/mol.